The van der Waals surface area contributed by atoms with Crippen molar-refractivity contribution in [3.8, 4) is 0 Å². The number of hydrogen-bond acceptors (Lipinski definition) is 5. The molecule has 204 valence electrons. The van der Waals surface area contributed by atoms with Crippen LogP contribution < -0.4 is 10.6 Å². The molecule has 0 heterocycles. The van der Waals surface area contributed by atoms with E-state index in [1.807, 2.05) is 44.4 Å². The van der Waals surface area contributed by atoms with Crippen LogP contribution in [0.2, 0.25) is 0 Å². The number of benzene rings is 1. The number of hydrogen-bond donors (Lipinski definition) is 2. The van der Waals surface area contributed by atoms with Gasteiger partial charge in [-0.2, -0.15) is 11.8 Å². The smallest absolute Gasteiger partial charge is 0.408 e. The van der Waals surface area contributed by atoms with Crippen molar-refractivity contribution in [1.29, 1.82) is 0 Å². The van der Waals surface area contributed by atoms with E-state index in [1.54, 1.807) is 37.4 Å². The molecule has 0 aliphatic carbocycles. The highest BCUT2D eigenvalue weighted by Crippen LogP contribution is 2.25. The number of rotatable bonds is 14. The van der Waals surface area contributed by atoms with E-state index < -0.39 is 23.8 Å². The van der Waals surface area contributed by atoms with Crippen molar-refractivity contribution in [2.45, 2.75) is 104 Å². The molecule has 0 spiro atoms. The van der Waals surface area contributed by atoms with E-state index in [0.29, 0.717) is 18.7 Å². The SMILES string of the molecule is CCCCN(C(=O)C(CCSC)NC(=O)OC(C)(C)C)C(C(=O)NC(C)CCC)c1cccc(C)c1. The topological polar surface area (TPSA) is 87.7 Å². The number of ether oxygens (including phenoxy) is 1. The molecule has 0 radical (unpaired) electrons. The molecule has 0 aliphatic heterocycles. The maximum Gasteiger partial charge on any atom is 0.408 e. The summed E-state index contributed by atoms with van der Waals surface area (Å²) >= 11 is 1.60. The maximum atomic E-state index is 14.0. The van der Waals surface area contributed by atoms with Crippen molar-refractivity contribution in [2.24, 2.45) is 0 Å². The minimum atomic E-state index is -0.794. The second kappa shape index (κ2) is 15.8. The Bertz CT molecular complexity index is 840. The Labute approximate surface area is 222 Å². The van der Waals surface area contributed by atoms with Gasteiger partial charge < -0.3 is 20.3 Å². The van der Waals surface area contributed by atoms with E-state index >= 15 is 0 Å². The standard InChI is InChI=1S/C28H47N3O4S/c1-9-11-17-31(26(33)23(16-18-36-8)30-27(34)35-28(5,6)7)24(22-15-12-14-20(3)19-22)25(32)29-21(4)13-10-2/h12,14-15,19,21,23-24H,9-11,13,16-18H2,1-8H3,(H,29,32)(H,30,34). The minimum Gasteiger partial charge on any atom is -0.444 e. The summed E-state index contributed by atoms with van der Waals surface area (Å²) in [5, 5.41) is 5.90. The summed E-state index contributed by atoms with van der Waals surface area (Å²) in [5.74, 6) is 0.211. The second-order valence-corrected chi connectivity index (χ2v) is 11.4. The molecule has 3 unspecified atom stereocenters. The first-order valence-electron chi connectivity index (χ1n) is 13.1. The number of carbonyl (C=O) groups is 3. The fourth-order valence-electron chi connectivity index (χ4n) is 3.98. The Morgan fingerprint density at radius 2 is 1.78 bits per heavy atom. The summed E-state index contributed by atoms with van der Waals surface area (Å²) in [7, 11) is 0. The molecule has 0 bridgehead atoms. The van der Waals surface area contributed by atoms with Gasteiger partial charge >= 0.3 is 6.09 Å². The number of alkyl carbamates (subject to hydrolysis) is 1. The van der Waals surface area contributed by atoms with Crippen LogP contribution in [0.4, 0.5) is 4.79 Å². The third-order valence-electron chi connectivity index (χ3n) is 5.66. The third kappa shape index (κ3) is 11.2. The largest absolute Gasteiger partial charge is 0.444 e. The minimum absolute atomic E-state index is 0.00915. The highest BCUT2D eigenvalue weighted by atomic mass is 32.2. The van der Waals surface area contributed by atoms with E-state index in [-0.39, 0.29) is 17.9 Å². The predicted molar refractivity (Wildman–Crippen MR) is 149 cm³/mol. The zero-order valence-electron chi connectivity index (χ0n) is 23.5. The zero-order chi connectivity index (χ0) is 27.3. The van der Waals surface area contributed by atoms with Gasteiger partial charge in [0, 0.05) is 12.6 Å². The molecule has 8 heteroatoms. The maximum absolute atomic E-state index is 14.0. The molecule has 0 saturated heterocycles. The van der Waals surface area contributed by atoms with Crippen molar-refractivity contribution in [1.82, 2.24) is 15.5 Å². The Morgan fingerprint density at radius 3 is 2.33 bits per heavy atom. The van der Waals surface area contributed by atoms with E-state index in [4.69, 9.17) is 4.74 Å². The van der Waals surface area contributed by atoms with Crippen LogP contribution in [-0.2, 0) is 14.3 Å². The monoisotopic (exact) mass is 521 g/mol. The van der Waals surface area contributed by atoms with Gasteiger partial charge in [-0.3, -0.25) is 9.59 Å². The predicted octanol–water partition coefficient (Wildman–Crippen LogP) is 5.62. The quantitative estimate of drug-likeness (QED) is 0.332. The van der Waals surface area contributed by atoms with Gasteiger partial charge in [0.25, 0.3) is 0 Å². The van der Waals surface area contributed by atoms with Crippen LogP contribution in [0.5, 0.6) is 0 Å². The van der Waals surface area contributed by atoms with Gasteiger partial charge in [-0.25, -0.2) is 4.79 Å². The normalized spacial score (nSPS) is 13.9. The molecule has 36 heavy (non-hydrogen) atoms. The molecule has 0 saturated carbocycles. The fourth-order valence-corrected chi connectivity index (χ4v) is 4.45. The van der Waals surface area contributed by atoms with Gasteiger partial charge in [-0.1, -0.05) is 56.5 Å². The molecule has 3 atom stereocenters. The highest BCUT2D eigenvalue weighted by Gasteiger charge is 2.36. The number of nitrogens with one attached hydrogen (secondary N) is 2. The van der Waals surface area contributed by atoms with Crippen molar-refractivity contribution < 1.29 is 19.1 Å². The summed E-state index contributed by atoms with van der Waals surface area (Å²) in [4.78, 5) is 42.0. The Morgan fingerprint density at radius 1 is 1.08 bits per heavy atom. The molecule has 1 aromatic rings. The summed E-state index contributed by atoms with van der Waals surface area (Å²) in [6.45, 7) is 13.9. The van der Waals surface area contributed by atoms with Gasteiger partial charge in [0.1, 0.15) is 17.7 Å². The van der Waals surface area contributed by atoms with Crippen molar-refractivity contribution in [2.75, 3.05) is 18.6 Å². The number of amides is 3. The molecule has 2 N–H and O–H groups in total. The average molecular weight is 522 g/mol. The number of thioether (sulfide) groups is 1. The molecular formula is C28H47N3O4S. The van der Waals surface area contributed by atoms with E-state index in [2.05, 4.69) is 24.5 Å². The van der Waals surface area contributed by atoms with Crippen molar-refractivity contribution >= 4 is 29.7 Å². The molecular weight excluding hydrogens is 474 g/mol. The molecule has 3 amide bonds. The molecule has 1 aromatic carbocycles. The molecule has 1 rings (SSSR count). The number of aryl methyl sites for hydroxylation is 1. The van der Waals surface area contributed by atoms with Crippen LogP contribution in [-0.4, -0.2) is 59.0 Å². The lowest BCUT2D eigenvalue weighted by Gasteiger charge is -2.35. The first-order chi connectivity index (χ1) is 16.9. The Balaban J connectivity index is 3.43. The lowest BCUT2D eigenvalue weighted by Crippen LogP contribution is -2.54. The average Bonchev–Trinajstić information content (AvgIpc) is 2.77. The van der Waals surface area contributed by atoms with Gasteiger partial charge in [-0.05, 0) is 71.5 Å². The van der Waals surface area contributed by atoms with Crippen LogP contribution in [0.1, 0.15) is 90.8 Å². The van der Waals surface area contributed by atoms with E-state index in [1.165, 1.54) is 0 Å². The van der Waals surface area contributed by atoms with Crippen LogP contribution >= 0.6 is 11.8 Å². The van der Waals surface area contributed by atoms with Gasteiger partial charge in [0.2, 0.25) is 11.8 Å². The summed E-state index contributed by atoms with van der Waals surface area (Å²) in [6.07, 6.45) is 5.18. The molecule has 0 fully saturated rings. The summed E-state index contributed by atoms with van der Waals surface area (Å²) < 4.78 is 5.44. The Hall–Kier alpha value is -2.22. The lowest BCUT2D eigenvalue weighted by atomic mass is 9.99. The van der Waals surface area contributed by atoms with Crippen molar-refractivity contribution in [3.63, 3.8) is 0 Å². The second-order valence-electron chi connectivity index (χ2n) is 10.4. The summed E-state index contributed by atoms with van der Waals surface area (Å²) in [6, 6.07) is 6.14. The fraction of sp³-hybridized carbons (Fsp3) is 0.679. The molecule has 7 nitrogen and oxygen atoms in total. The van der Waals surface area contributed by atoms with Crippen molar-refractivity contribution in [3.05, 3.63) is 35.4 Å². The summed E-state index contributed by atoms with van der Waals surface area (Å²) in [5.41, 5.74) is 1.10. The number of nitrogens with zero attached hydrogens (tertiary/aromatic N) is 1. The lowest BCUT2D eigenvalue weighted by molar-refractivity contribution is -0.142. The first kappa shape index (κ1) is 31.8. The number of carbonyl (C=O) groups excluding carboxylic acids is 3. The first-order valence-corrected chi connectivity index (χ1v) is 14.5. The van der Waals surface area contributed by atoms with Crippen LogP contribution in [0, 0.1) is 6.92 Å². The van der Waals surface area contributed by atoms with Gasteiger partial charge in [0.05, 0.1) is 0 Å². The highest BCUT2D eigenvalue weighted by molar-refractivity contribution is 7.98. The third-order valence-corrected chi connectivity index (χ3v) is 6.31. The number of unbranched alkanes of at least 4 members (excludes halogenated alkanes) is 1. The Kier molecular flexibility index (Phi) is 14.0. The van der Waals surface area contributed by atoms with Gasteiger partial charge in [-0.15, -0.1) is 0 Å². The zero-order valence-corrected chi connectivity index (χ0v) is 24.3. The van der Waals surface area contributed by atoms with Gasteiger partial charge in [0.15, 0.2) is 0 Å². The van der Waals surface area contributed by atoms with Crippen LogP contribution in [0.25, 0.3) is 0 Å². The molecule has 0 aliphatic rings. The van der Waals surface area contributed by atoms with E-state index in [9.17, 15) is 14.4 Å². The van der Waals surface area contributed by atoms with E-state index in [0.717, 1.165) is 36.8 Å². The molecule has 0 aromatic heterocycles. The van der Waals surface area contributed by atoms with Crippen LogP contribution in [0.15, 0.2) is 24.3 Å². The van der Waals surface area contributed by atoms with Crippen LogP contribution in [0.3, 0.4) is 0 Å².